The third-order valence-corrected chi connectivity index (χ3v) is 4.45. The largest absolute Gasteiger partial charge is 0.508 e. The van der Waals surface area contributed by atoms with Crippen LogP contribution in [0, 0.1) is 28.7 Å². The number of rotatable bonds is 9. The van der Waals surface area contributed by atoms with Gasteiger partial charge in [0, 0.05) is 6.92 Å². The van der Waals surface area contributed by atoms with Gasteiger partial charge in [-0.15, -0.1) is 0 Å². The number of ketones is 1. The van der Waals surface area contributed by atoms with Crippen molar-refractivity contribution in [1.29, 1.82) is 0 Å². The lowest BCUT2D eigenvalue weighted by atomic mass is 9.91. The maximum atomic E-state index is 14.4. The summed E-state index contributed by atoms with van der Waals surface area (Å²) in [5.74, 6) is -13.3. The smallest absolute Gasteiger partial charge is 0.451 e. The van der Waals surface area contributed by atoms with Crippen molar-refractivity contribution in [3.8, 4) is 11.5 Å². The highest BCUT2D eigenvalue weighted by Crippen LogP contribution is 2.36. The van der Waals surface area contributed by atoms with E-state index in [9.17, 15) is 31.9 Å². The van der Waals surface area contributed by atoms with Gasteiger partial charge in [-0.25, -0.2) is 4.79 Å². The van der Waals surface area contributed by atoms with Crippen molar-refractivity contribution in [3.05, 3.63) is 23.3 Å². The van der Waals surface area contributed by atoms with Crippen molar-refractivity contribution in [3.63, 3.8) is 0 Å². The topological polar surface area (TPSA) is 97.4 Å². The molecule has 1 saturated heterocycles. The van der Waals surface area contributed by atoms with E-state index in [1.807, 2.05) is 0 Å². The van der Waals surface area contributed by atoms with Gasteiger partial charge in [0.15, 0.2) is 11.9 Å². The molecule has 1 aromatic carbocycles. The molecule has 0 aliphatic carbocycles. The summed E-state index contributed by atoms with van der Waals surface area (Å²) < 4.78 is 80.9. The molecule has 1 heterocycles. The predicted octanol–water partition coefficient (Wildman–Crippen LogP) is 3.43. The number of esters is 1. The molecule has 0 spiro atoms. The van der Waals surface area contributed by atoms with Crippen LogP contribution in [0.4, 0.5) is 22.4 Å². The van der Waals surface area contributed by atoms with Crippen LogP contribution in [0.1, 0.15) is 34.1 Å². The fourth-order valence-electron chi connectivity index (χ4n) is 2.14. The van der Waals surface area contributed by atoms with Gasteiger partial charge in [0.2, 0.25) is 34.8 Å². The normalized spacial score (nSPS) is 17.0. The van der Waals surface area contributed by atoms with Gasteiger partial charge in [-0.2, -0.15) is 17.6 Å². The molecule has 0 amide bonds. The zero-order valence-electron chi connectivity index (χ0n) is 17.1. The Kier molecular flexibility index (Phi) is 7.47. The zero-order chi connectivity index (χ0) is 23.5. The van der Waals surface area contributed by atoms with Crippen LogP contribution in [0.5, 0.6) is 11.5 Å². The molecule has 0 aromatic heterocycles. The summed E-state index contributed by atoms with van der Waals surface area (Å²) in [4.78, 5) is 34.6. The quantitative estimate of drug-likeness (QED) is 0.185. The monoisotopic (exact) mass is 452 g/mol. The first-order valence-electron chi connectivity index (χ1n) is 9.09. The third kappa shape index (κ3) is 5.43. The minimum atomic E-state index is -2.04. The summed E-state index contributed by atoms with van der Waals surface area (Å²) in [6.45, 7) is 4.68. The second-order valence-corrected chi connectivity index (χ2v) is 7.24. The highest BCUT2D eigenvalue weighted by atomic mass is 19.2. The molecule has 31 heavy (non-hydrogen) atoms. The SMILES string of the molecule is CCC(C)(C)C(=O)Oc1c(F)c(F)c(OC(OCC2COC(=O)O2)C(C)=O)c(F)c1F. The number of carbonyl (C=O) groups excluding carboxylic acids is 3. The maximum absolute atomic E-state index is 14.4. The van der Waals surface area contributed by atoms with E-state index in [0.717, 1.165) is 6.92 Å². The Morgan fingerprint density at radius 2 is 1.65 bits per heavy atom. The van der Waals surface area contributed by atoms with Gasteiger partial charge in [-0.1, -0.05) is 6.92 Å². The lowest BCUT2D eigenvalue weighted by Crippen LogP contribution is -2.33. The molecule has 2 atom stereocenters. The van der Waals surface area contributed by atoms with Crippen LogP contribution in [0.15, 0.2) is 0 Å². The van der Waals surface area contributed by atoms with Crippen LogP contribution in [0.3, 0.4) is 0 Å². The van der Waals surface area contributed by atoms with Crippen molar-refractivity contribution in [2.45, 2.75) is 46.5 Å². The number of halogens is 4. The average molecular weight is 452 g/mol. The first-order chi connectivity index (χ1) is 14.4. The van der Waals surface area contributed by atoms with Crippen molar-refractivity contribution in [1.82, 2.24) is 0 Å². The molecular weight excluding hydrogens is 432 g/mol. The Hall–Kier alpha value is -2.89. The second-order valence-electron chi connectivity index (χ2n) is 7.24. The Morgan fingerprint density at radius 1 is 1.10 bits per heavy atom. The Morgan fingerprint density at radius 3 is 2.10 bits per heavy atom. The fourth-order valence-corrected chi connectivity index (χ4v) is 2.14. The van der Waals surface area contributed by atoms with Crippen LogP contribution in [-0.2, 0) is 23.8 Å². The van der Waals surface area contributed by atoms with Gasteiger partial charge in [0.05, 0.1) is 12.0 Å². The van der Waals surface area contributed by atoms with Crippen molar-refractivity contribution >= 4 is 17.9 Å². The highest BCUT2D eigenvalue weighted by Gasteiger charge is 2.35. The minimum Gasteiger partial charge on any atom is -0.451 e. The van der Waals surface area contributed by atoms with Crippen molar-refractivity contribution < 1.29 is 55.6 Å². The molecule has 8 nitrogen and oxygen atoms in total. The number of carbonyl (C=O) groups is 3. The number of hydrogen-bond acceptors (Lipinski definition) is 8. The molecule has 1 fully saturated rings. The lowest BCUT2D eigenvalue weighted by Gasteiger charge is -2.22. The van der Waals surface area contributed by atoms with Crippen LogP contribution in [-0.4, -0.2) is 43.5 Å². The molecule has 1 aliphatic heterocycles. The van der Waals surface area contributed by atoms with Gasteiger partial charge >= 0.3 is 12.1 Å². The number of Topliss-reactive ketones (excluding diaryl/α,β-unsaturated/α-hetero) is 1. The molecule has 1 aliphatic rings. The summed E-state index contributed by atoms with van der Waals surface area (Å²) >= 11 is 0. The summed E-state index contributed by atoms with van der Waals surface area (Å²) in [6.07, 6.45) is -3.67. The second kappa shape index (κ2) is 9.50. The molecule has 2 rings (SSSR count). The standard InChI is InChI=1S/C19H20F4O8/c1-5-19(3,4)17(25)31-15-12(22)10(20)14(11(21)13(15)23)30-16(8(2)24)27-6-9-7-28-18(26)29-9/h9,16H,5-7H2,1-4H3. The predicted molar refractivity (Wildman–Crippen MR) is 93.3 cm³/mol. The van der Waals surface area contributed by atoms with E-state index in [-0.39, 0.29) is 13.0 Å². The molecule has 12 heteroatoms. The molecule has 0 bridgehead atoms. The van der Waals surface area contributed by atoms with Crippen molar-refractivity contribution in [2.75, 3.05) is 13.2 Å². The molecular formula is C19H20F4O8. The van der Waals surface area contributed by atoms with Gasteiger partial charge < -0.3 is 23.7 Å². The summed E-state index contributed by atoms with van der Waals surface area (Å²) in [7, 11) is 0. The van der Waals surface area contributed by atoms with E-state index in [4.69, 9.17) is 9.47 Å². The maximum Gasteiger partial charge on any atom is 0.508 e. The summed E-state index contributed by atoms with van der Waals surface area (Å²) in [5, 5.41) is 0. The van der Waals surface area contributed by atoms with E-state index in [1.165, 1.54) is 13.8 Å². The van der Waals surface area contributed by atoms with Gasteiger partial charge in [-0.05, 0) is 20.3 Å². The Bertz CT molecular complexity index is 857. The lowest BCUT2D eigenvalue weighted by molar-refractivity contribution is -0.152. The van der Waals surface area contributed by atoms with E-state index in [0.29, 0.717) is 0 Å². The first-order valence-corrected chi connectivity index (χ1v) is 9.09. The van der Waals surface area contributed by atoms with E-state index in [1.54, 1.807) is 6.92 Å². The van der Waals surface area contributed by atoms with Crippen LogP contribution >= 0.6 is 0 Å². The number of ether oxygens (including phenoxy) is 5. The van der Waals surface area contributed by atoms with Crippen LogP contribution in [0.2, 0.25) is 0 Å². The Balaban J connectivity index is 2.26. The van der Waals surface area contributed by atoms with Crippen LogP contribution in [0.25, 0.3) is 0 Å². The van der Waals surface area contributed by atoms with E-state index >= 15 is 0 Å². The zero-order valence-corrected chi connectivity index (χ0v) is 17.1. The summed E-state index contributed by atoms with van der Waals surface area (Å²) in [6, 6.07) is 0. The van der Waals surface area contributed by atoms with Crippen LogP contribution < -0.4 is 9.47 Å². The molecule has 0 radical (unpaired) electrons. The molecule has 2 unspecified atom stereocenters. The third-order valence-electron chi connectivity index (χ3n) is 4.45. The molecule has 0 N–H and O–H groups in total. The molecule has 172 valence electrons. The van der Waals surface area contributed by atoms with Gasteiger partial charge in [-0.3, -0.25) is 9.59 Å². The fraction of sp³-hybridized carbons (Fsp3) is 0.526. The summed E-state index contributed by atoms with van der Waals surface area (Å²) in [5.41, 5.74) is -1.18. The van der Waals surface area contributed by atoms with Gasteiger partial charge in [0.1, 0.15) is 6.61 Å². The van der Waals surface area contributed by atoms with Gasteiger partial charge in [0.25, 0.3) is 6.29 Å². The van der Waals surface area contributed by atoms with Crippen molar-refractivity contribution in [2.24, 2.45) is 5.41 Å². The number of benzene rings is 1. The molecule has 1 aromatic rings. The van der Waals surface area contributed by atoms with E-state index in [2.05, 4.69) is 14.2 Å². The number of cyclic esters (lactones) is 2. The Labute approximate surface area is 174 Å². The molecule has 0 saturated carbocycles. The minimum absolute atomic E-state index is 0.205. The van der Waals surface area contributed by atoms with E-state index < -0.39 is 77.1 Å². The first kappa shape index (κ1) is 24.4. The average Bonchev–Trinajstić information content (AvgIpc) is 3.13. The highest BCUT2D eigenvalue weighted by molar-refractivity contribution is 5.79. The number of hydrogen-bond donors (Lipinski definition) is 0.